The molecular weight excluding hydrogens is 136 g/mol. The third kappa shape index (κ3) is 9.70. The Morgan fingerprint density at radius 2 is 1.64 bits per heavy atom. The summed E-state index contributed by atoms with van der Waals surface area (Å²) in [4.78, 5) is 0. The van der Waals surface area contributed by atoms with Gasteiger partial charge in [-0.15, -0.1) is 0 Å². The van der Waals surface area contributed by atoms with Gasteiger partial charge in [-0.3, -0.25) is 0 Å². The quantitative estimate of drug-likeness (QED) is 0.444. The number of allylic oxidation sites excluding steroid dienone is 2. The fourth-order valence-corrected chi connectivity index (χ4v) is 0.957. The molecule has 0 unspecified atom stereocenters. The summed E-state index contributed by atoms with van der Waals surface area (Å²) in [6, 6.07) is 0. The molecule has 0 heterocycles. The van der Waals surface area contributed by atoms with E-state index in [1.807, 2.05) is 0 Å². The second-order valence-electron chi connectivity index (χ2n) is 2.83. The molecule has 66 valence electrons. The molecule has 0 saturated carbocycles. The van der Waals surface area contributed by atoms with E-state index in [1.165, 1.54) is 25.7 Å². The summed E-state index contributed by atoms with van der Waals surface area (Å²) in [6.45, 7) is 2.54. The molecule has 0 amide bonds. The van der Waals surface area contributed by atoms with Crippen molar-refractivity contribution in [3.8, 4) is 0 Å². The van der Waals surface area contributed by atoms with E-state index in [0.29, 0.717) is 6.61 Å². The van der Waals surface area contributed by atoms with E-state index in [1.54, 1.807) is 0 Å². The highest BCUT2D eigenvalue weighted by molar-refractivity contribution is 4.80. The van der Waals surface area contributed by atoms with Gasteiger partial charge in [-0.25, -0.2) is 0 Å². The number of rotatable bonds is 7. The highest BCUT2D eigenvalue weighted by Gasteiger charge is 1.81. The summed E-state index contributed by atoms with van der Waals surface area (Å²) >= 11 is 0. The van der Waals surface area contributed by atoms with Gasteiger partial charge in [0.05, 0.1) is 0 Å². The highest BCUT2D eigenvalue weighted by atomic mass is 16.2. The first-order valence-corrected chi connectivity index (χ1v) is 4.67. The molecule has 0 bridgehead atoms. The van der Waals surface area contributed by atoms with Crippen LogP contribution in [0.15, 0.2) is 12.2 Å². The zero-order valence-electron chi connectivity index (χ0n) is 7.55. The third-order valence-corrected chi connectivity index (χ3v) is 1.67. The van der Waals surface area contributed by atoms with E-state index >= 15 is 0 Å². The van der Waals surface area contributed by atoms with Gasteiger partial charge in [0.15, 0.2) is 0 Å². The number of unbranched alkanes of at least 4 members (excludes halogenated alkanes) is 4. The largest absolute Gasteiger partial charge is 0.396 e. The van der Waals surface area contributed by atoms with Crippen molar-refractivity contribution in [3.63, 3.8) is 0 Å². The lowest BCUT2D eigenvalue weighted by molar-refractivity contribution is 0.289. The van der Waals surface area contributed by atoms with E-state index in [0.717, 1.165) is 12.8 Å². The Labute approximate surface area is 70.1 Å². The summed E-state index contributed by atoms with van der Waals surface area (Å²) in [5.41, 5.74) is 0. The Balaban J connectivity index is 2.91. The third-order valence-electron chi connectivity index (χ3n) is 1.67. The minimum Gasteiger partial charge on any atom is -0.396 e. The first-order chi connectivity index (χ1) is 5.41. The Kier molecular flexibility index (Phi) is 9.44. The van der Waals surface area contributed by atoms with Gasteiger partial charge in [-0.05, 0) is 25.7 Å². The van der Waals surface area contributed by atoms with Crippen molar-refractivity contribution in [2.24, 2.45) is 0 Å². The maximum Gasteiger partial charge on any atom is 0.0433 e. The monoisotopic (exact) mass is 156 g/mol. The van der Waals surface area contributed by atoms with Crippen LogP contribution in [0.2, 0.25) is 0 Å². The smallest absolute Gasteiger partial charge is 0.0433 e. The number of hydrogen-bond donors (Lipinski definition) is 1. The molecule has 0 aromatic heterocycles. The Hall–Kier alpha value is -0.300. The van der Waals surface area contributed by atoms with Crippen LogP contribution in [0.3, 0.4) is 0 Å². The molecule has 11 heavy (non-hydrogen) atoms. The Morgan fingerprint density at radius 1 is 1.00 bits per heavy atom. The van der Waals surface area contributed by atoms with Crippen LogP contribution in [0.1, 0.15) is 45.4 Å². The fraction of sp³-hybridized carbons (Fsp3) is 0.800. The lowest BCUT2D eigenvalue weighted by atomic mass is 10.2. The van der Waals surface area contributed by atoms with Crippen LogP contribution in [0.4, 0.5) is 0 Å². The topological polar surface area (TPSA) is 20.2 Å². The molecule has 0 fully saturated rings. The van der Waals surface area contributed by atoms with Crippen molar-refractivity contribution in [1.82, 2.24) is 0 Å². The summed E-state index contributed by atoms with van der Waals surface area (Å²) in [6.07, 6.45) is 11.5. The van der Waals surface area contributed by atoms with Gasteiger partial charge in [-0.1, -0.05) is 31.9 Å². The van der Waals surface area contributed by atoms with E-state index in [2.05, 4.69) is 19.1 Å². The summed E-state index contributed by atoms with van der Waals surface area (Å²) in [5, 5.41) is 8.47. The van der Waals surface area contributed by atoms with Gasteiger partial charge in [-0.2, -0.15) is 0 Å². The highest BCUT2D eigenvalue weighted by Crippen LogP contribution is 2.00. The molecule has 1 nitrogen and oxygen atoms in total. The van der Waals surface area contributed by atoms with Gasteiger partial charge in [0.2, 0.25) is 0 Å². The fourth-order valence-electron chi connectivity index (χ4n) is 0.957. The molecule has 0 aromatic carbocycles. The number of aliphatic hydroxyl groups excluding tert-OH is 1. The normalized spacial score (nSPS) is 11.1. The molecular formula is C10H20O. The molecule has 0 rings (SSSR count). The predicted molar refractivity (Wildman–Crippen MR) is 49.6 cm³/mol. The van der Waals surface area contributed by atoms with Gasteiger partial charge < -0.3 is 5.11 Å². The standard InChI is InChI=1S/C10H20O/c1-2-3-4-5-6-7-8-9-10-11/h6-7,11H,2-5,8-10H2,1H3/b7-6-. The Morgan fingerprint density at radius 3 is 2.18 bits per heavy atom. The average molecular weight is 156 g/mol. The first kappa shape index (κ1) is 10.7. The molecule has 0 aliphatic heterocycles. The number of aliphatic hydroxyl groups is 1. The zero-order chi connectivity index (χ0) is 8.36. The summed E-state index contributed by atoms with van der Waals surface area (Å²) in [5.74, 6) is 0. The molecule has 1 N–H and O–H groups in total. The molecule has 0 aliphatic carbocycles. The summed E-state index contributed by atoms with van der Waals surface area (Å²) in [7, 11) is 0. The van der Waals surface area contributed by atoms with Crippen LogP contribution in [0.25, 0.3) is 0 Å². The van der Waals surface area contributed by atoms with Crippen LogP contribution < -0.4 is 0 Å². The molecule has 0 spiro atoms. The molecule has 0 aliphatic rings. The van der Waals surface area contributed by atoms with Gasteiger partial charge >= 0.3 is 0 Å². The van der Waals surface area contributed by atoms with Crippen LogP contribution in [0, 0.1) is 0 Å². The van der Waals surface area contributed by atoms with Crippen LogP contribution in [0.5, 0.6) is 0 Å². The van der Waals surface area contributed by atoms with E-state index in [-0.39, 0.29) is 0 Å². The second-order valence-corrected chi connectivity index (χ2v) is 2.83. The van der Waals surface area contributed by atoms with E-state index in [9.17, 15) is 0 Å². The maximum absolute atomic E-state index is 8.47. The maximum atomic E-state index is 8.47. The van der Waals surface area contributed by atoms with E-state index < -0.39 is 0 Å². The van der Waals surface area contributed by atoms with Crippen molar-refractivity contribution in [1.29, 1.82) is 0 Å². The SMILES string of the molecule is CCCCC/C=C\CCCO. The van der Waals surface area contributed by atoms with Crippen LogP contribution in [-0.2, 0) is 0 Å². The minimum absolute atomic E-state index is 0.319. The van der Waals surface area contributed by atoms with Crippen LogP contribution in [-0.4, -0.2) is 11.7 Å². The van der Waals surface area contributed by atoms with Crippen molar-refractivity contribution in [2.45, 2.75) is 45.4 Å². The van der Waals surface area contributed by atoms with Crippen molar-refractivity contribution in [2.75, 3.05) is 6.61 Å². The molecule has 0 atom stereocenters. The molecule has 0 radical (unpaired) electrons. The molecule has 1 heteroatoms. The Bertz CT molecular complexity index is 86.9. The van der Waals surface area contributed by atoms with Crippen molar-refractivity contribution in [3.05, 3.63) is 12.2 Å². The number of hydrogen-bond acceptors (Lipinski definition) is 1. The predicted octanol–water partition coefficient (Wildman–Crippen LogP) is 2.90. The van der Waals surface area contributed by atoms with E-state index in [4.69, 9.17) is 5.11 Å². The zero-order valence-corrected chi connectivity index (χ0v) is 7.55. The summed E-state index contributed by atoms with van der Waals surface area (Å²) < 4.78 is 0. The minimum atomic E-state index is 0.319. The van der Waals surface area contributed by atoms with Gasteiger partial charge in [0, 0.05) is 6.61 Å². The van der Waals surface area contributed by atoms with Gasteiger partial charge in [0.25, 0.3) is 0 Å². The average Bonchev–Trinajstić information content (AvgIpc) is 2.03. The molecule has 0 aromatic rings. The lowest BCUT2D eigenvalue weighted by Crippen LogP contribution is -1.78. The van der Waals surface area contributed by atoms with Crippen LogP contribution >= 0.6 is 0 Å². The molecule has 0 saturated heterocycles. The van der Waals surface area contributed by atoms with Crippen molar-refractivity contribution < 1.29 is 5.11 Å². The van der Waals surface area contributed by atoms with Crippen molar-refractivity contribution >= 4 is 0 Å². The second kappa shape index (κ2) is 9.70. The lowest BCUT2D eigenvalue weighted by Gasteiger charge is -1.91. The van der Waals surface area contributed by atoms with Gasteiger partial charge in [0.1, 0.15) is 0 Å². The first-order valence-electron chi connectivity index (χ1n) is 4.67.